The van der Waals surface area contributed by atoms with E-state index in [1.54, 1.807) is 6.92 Å². The number of hydrogen-bond acceptors (Lipinski definition) is 4. The Hall–Kier alpha value is -3.09. The summed E-state index contributed by atoms with van der Waals surface area (Å²) < 4.78 is 19.9. The molecule has 0 saturated carbocycles. The standard InChI is InChI=1S/C31H45FN2O4/c1-9-21(32)16-28(36)33-22-17-23(19-24(35)18-22)34-29(37)26(10-2)38-27-14-13-20(30(5,6)11-3)15-25(27)31(7,8)12-4/h13-15,17-19,21,26,35H,9-12,16H2,1-8H3,(H,33,36)(H,34,37). The van der Waals surface area contributed by atoms with E-state index in [1.807, 2.05) is 13.0 Å². The number of alkyl halides is 1. The number of hydrogen-bond donors (Lipinski definition) is 3. The number of nitrogens with one attached hydrogen (secondary N) is 2. The van der Waals surface area contributed by atoms with Gasteiger partial charge in [-0.1, -0.05) is 67.5 Å². The predicted octanol–water partition coefficient (Wildman–Crippen LogP) is 7.64. The van der Waals surface area contributed by atoms with E-state index in [9.17, 15) is 19.1 Å². The highest BCUT2D eigenvalue weighted by Crippen LogP contribution is 2.39. The van der Waals surface area contributed by atoms with Gasteiger partial charge in [-0.25, -0.2) is 4.39 Å². The van der Waals surface area contributed by atoms with Gasteiger partial charge < -0.3 is 20.5 Å². The van der Waals surface area contributed by atoms with Crippen LogP contribution in [0.5, 0.6) is 11.5 Å². The molecule has 2 unspecified atom stereocenters. The fourth-order valence-electron chi connectivity index (χ4n) is 3.99. The van der Waals surface area contributed by atoms with Gasteiger partial charge in [-0.15, -0.1) is 0 Å². The molecule has 7 heteroatoms. The third kappa shape index (κ3) is 8.20. The van der Waals surface area contributed by atoms with Gasteiger partial charge >= 0.3 is 0 Å². The summed E-state index contributed by atoms with van der Waals surface area (Å²) in [6, 6.07) is 10.5. The van der Waals surface area contributed by atoms with E-state index in [0.29, 0.717) is 17.9 Å². The van der Waals surface area contributed by atoms with E-state index in [2.05, 4.69) is 64.3 Å². The first-order valence-electron chi connectivity index (χ1n) is 13.7. The van der Waals surface area contributed by atoms with Crippen molar-refractivity contribution in [3.8, 4) is 11.5 Å². The summed E-state index contributed by atoms with van der Waals surface area (Å²) >= 11 is 0. The highest BCUT2D eigenvalue weighted by atomic mass is 19.1. The van der Waals surface area contributed by atoms with Crippen LogP contribution < -0.4 is 15.4 Å². The summed E-state index contributed by atoms with van der Waals surface area (Å²) in [5, 5.41) is 15.5. The Morgan fingerprint density at radius 2 is 1.50 bits per heavy atom. The molecule has 38 heavy (non-hydrogen) atoms. The molecule has 210 valence electrons. The number of anilines is 2. The van der Waals surface area contributed by atoms with Crippen LogP contribution in [-0.4, -0.2) is 29.2 Å². The van der Waals surface area contributed by atoms with Crippen LogP contribution in [-0.2, 0) is 20.4 Å². The molecule has 2 atom stereocenters. The molecule has 0 aliphatic rings. The number of aromatic hydroxyl groups is 1. The molecule has 6 nitrogen and oxygen atoms in total. The van der Waals surface area contributed by atoms with E-state index in [4.69, 9.17) is 4.74 Å². The Morgan fingerprint density at radius 1 is 0.895 bits per heavy atom. The third-order valence-electron chi connectivity index (χ3n) is 7.51. The molecule has 0 radical (unpaired) electrons. The number of carbonyl (C=O) groups is 2. The largest absolute Gasteiger partial charge is 0.508 e. The molecule has 2 aromatic carbocycles. The zero-order valence-corrected chi connectivity index (χ0v) is 24.2. The van der Waals surface area contributed by atoms with Crippen molar-refractivity contribution in [2.45, 2.75) is 111 Å². The summed E-state index contributed by atoms with van der Waals surface area (Å²) in [6.45, 7) is 16.6. The highest BCUT2D eigenvalue weighted by Gasteiger charge is 2.29. The first-order valence-corrected chi connectivity index (χ1v) is 13.7. The van der Waals surface area contributed by atoms with Crippen molar-refractivity contribution in [3.05, 3.63) is 47.5 Å². The zero-order chi connectivity index (χ0) is 28.7. The first kappa shape index (κ1) is 31.1. The van der Waals surface area contributed by atoms with Gasteiger partial charge in [-0.3, -0.25) is 9.59 Å². The number of phenolic OH excluding ortho intramolecular Hbond substituents is 1. The van der Waals surface area contributed by atoms with Crippen LogP contribution in [0.2, 0.25) is 0 Å². The SMILES string of the molecule is CCC(F)CC(=O)Nc1cc(O)cc(NC(=O)C(CC)Oc2ccc(C(C)(C)CC)cc2C(C)(C)CC)c1. The van der Waals surface area contributed by atoms with E-state index in [-0.39, 0.29) is 41.0 Å². The van der Waals surface area contributed by atoms with Crippen LogP contribution in [0.3, 0.4) is 0 Å². The van der Waals surface area contributed by atoms with Gasteiger partial charge in [0.2, 0.25) is 5.91 Å². The average molecular weight is 529 g/mol. The summed E-state index contributed by atoms with van der Waals surface area (Å²) in [7, 11) is 0. The molecular weight excluding hydrogens is 483 g/mol. The van der Waals surface area contributed by atoms with Crippen molar-refractivity contribution in [1.82, 2.24) is 0 Å². The molecule has 0 aliphatic carbocycles. The molecule has 0 aromatic heterocycles. The smallest absolute Gasteiger partial charge is 0.265 e. The zero-order valence-electron chi connectivity index (χ0n) is 24.2. The van der Waals surface area contributed by atoms with E-state index in [0.717, 1.165) is 18.4 Å². The maximum Gasteiger partial charge on any atom is 0.265 e. The van der Waals surface area contributed by atoms with Crippen LogP contribution >= 0.6 is 0 Å². The lowest BCUT2D eigenvalue weighted by Gasteiger charge is -2.31. The summed E-state index contributed by atoms with van der Waals surface area (Å²) in [4.78, 5) is 25.3. The molecule has 0 aliphatic heterocycles. The molecule has 2 rings (SSSR count). The molecule has 2 aromatic rings. The van der Waals surface area contributed by atoms with Crippen LogP contribution in [0.15, 0.2) is 36.4 Å². The van der Waals surface area contributed by atoms with Gasteiger partial charge in [0.05, 0.1) is 6.42 Å². The molecule has 2 amide bonds. The van der Waals surface area contributed by atoms with Crippen LogP contribution in [0, 0.1) is 0 Å². The Kier molecular flexibility index (Phi) is 10.7. The molecule has 0 heterocycles. The maximum atomic E-state index is 13.6. The second kappa shape index (κ2) is 13.1. The minimum absolute atomic E-state index is 0.0166. The lowest BCUT2D eigenvalue weighted by atomic mass is 9.76. The normalized spacial score (nSPS) is 13.5. The van der Waals surface area contributed by atoms with Gasteiger partial charge in [-0.05, 0) is 54.2 Å². The average Bonchev–Trinajstić information content (AvgIpc) is 2.86. The van der Waals surface area contributed by atoms with Crippen molar-refractivity contribution in [1.29, 1.82) is 0 Å². The van der Waals surface area contributed by atoms with Gasteiger partial charge in [0.15, 0.2) is 6.10 Å². The molecule has 0 fully saturated rings. The second-order valence-corrected chi connectivity index (χ2v) is 11.2. The fraction of sp³-hybridized carbons (Fsp3) is 0.548. The van der Waals surface area contributed by atoms with Crippen molar-refractivity contribution < 1.29 is 23.8 Å². The van der Waals surface area contributed by atoms with Crippen molar-refractivity contribution in [2.75, 3.05) is 10.6 Å². The topological polar surface area (TPSA) is 87.7 Å². The number of phenols is 1. The summed E-state index contributed by atoms with van der Waals surface area (Å²) in [6.07, 6.45) is 0.285. The molecular formula is C31H45FN2O4. The number of amides is 2. The second-order valence-electron chi connectivity index (χ2n) is 11.2. The van der Waals surface area contributed by atoms with Crippen molar-refractivity contribution >= 4 is 23.2 Å². The van der Waals surface area contributed by atoms with E-state index < -0.39 is 18.2 Å². The number of carbonyl (C=O) groups excluding carboxylic acids is 2. The molecule has 3 N–H and O–H groups in total. The van der Waals surface area contributed by atoms with E-state index in [1.165, 1.54) is 23.8 Å². The lowest BCUT2D eigenvalue weighted by molar-refractivity contribution is -0.123. The van der Waals surface area contributed by atoms with Crippen molar-refractivity contribution in [3.63, 3.8) is 0 Å². The highest BCUT2D eigenvalue weighted by molar-refractivity contribution is 5.96. The van der Waals surface area contributed by atoms with Crippen LogP contribution in [0.25, 0.3) is 0 Å². The number of benzene rings is 2. The number of ether oxygens (including phenoxy) is 1. The first-order chi connectivity index (χ1) is 17.8. The molecule has 0 spiro atoms. The maximum absolute atomic E-state index is 13.6. The third-order valence-corrected chi connectivity index (χ3v) is 7.51. The summed E-state index contributed by atoms with van der Waals surface area (Å²) in [5.74, 6) is -0.336. The molecule has 0 saturated heterocycles. The minimum Gasteiger partial charge on any atom is -0.508 e. The Balaban J connectivity index is 2.28. The summed E-state index contributed by atoms with van der Waals surface area (Å²) in [5.41, 5.74) is 2.72. The van der Waals surface area contributed by atoms with E-state index >= 15 is 0 Å². The Bertz CT molecular complexity index is 1110. The van der Waals surface area contributed by atoms with Gasteiger partial charge in [0, 0.05) is 29.1 Å². The van der Waals surface area contributed by atoms with Gasteiger partial charge in [0.25, 0.3) is 5.91 Å². The lowest BCUT2D eigenvalue weighted by Crippen LogP contribution is -2.33. The quantitative estimate of drug-likeness (QED) is 0.249. The van der Waals surface area contributed by atoms with Gasteiger partial charge in [-0.2, -0.15) is 0 Å². The van der Waals surface area contributed by atoms with Crippen LogP contribution in [0.1, 0.15) is 98.6 Å². The van der Waals surface area contributed by atoms with Crippen LogP contribution in [0.4, 0.5) is 15.8 Å². The number of rotatable bonds is 13. The Morgan fingerprint density at radius 3 is 2.05 bits per heavy atom. The fourth-order valence-corrected chi connectivity index (χ4v) is 3.99. The van der Waals surface area contributed by atoms with Crippen molar-refractivity contribution in [2.24, 2.45) is 0 Å². The monoisotopic (exact) mass is 528 g/mol. The predicted molar refractivity (Wildman–Crippen MR) is 153 cm³/mol. The van der Waals surface area contributed by atoms with Gasteiger partial charge in [0.1, 0.15) is 17.7 Å². The number of halogens is 1. The molecule has 0 bridgehead atoms. The minimum atomic E-state index is -1.24. The Labute approximate surface area is 227 Å².